The molecule has 1 saturated carbocycles. The van der Waals surface area contributed by atoms with Crippen LogP contribution in [0.3, 0.4) is 0 Å². The number of carbonyl (C=O) groups excluding carboxylic acids is 2. The molecule has 0 unspecified atom stereocenters. The molecule has 0 aromatic rings. The highest BCUT2D eigenvalue weighted by Crippen LogP contribution is 2.33. The average Bonchev–Trinajstić information content (AvgIpc) is 2.43. The van der Waals surface area contributed by atoms with Crippen molar-refractivity contribution in [3.63, 3.8) is 0 Å². The Kier molecular flexibility index (Phi) is 6.30. The summed E-state index contributed by atoms with van der Waals surface area (Å²) in [7, 11) is 0. The number of alkyl halides is 3. The summed E-state index contributed by atoms with van der Waals surface area (Å²) in [6, 6.07) is 0. The Morgan fingerprint density at radius 1 is 1.04 bits per heavy atom. The summed E-state index contributed by atoms with van der Waals surface area (Å²) >= 11 is 0. The van der Waals surface area contributed by atoms with Crippen molar-refractivity contribution in [1.29, 1.82) is 10.8 Å². The number of rotatable bonds is 5. The molecule has 0 saturated heterocycles. The first-order chi connectivity index (χ1) is 10.8. The molecule has 0 heterocycles. The van der Waals surface area contributed by atoms with Crippen molar-refractivity contribution < 1.29 is 27.5 Å². The second kappa shape index (κ2) is 7.44. The lowest BCUT2D eigenvalue weighted by atomic mass is 9.77. The van der Waals surface area contributed by atoms with Gasteiger partial charge in [-0.3, -0.25) is 10.2 Å². The molecule has 5 nitrogen and oxygen atoms in total. The lowest BCUT2D eigenvalue weighted by Crippen LogP contribution is -2.35. The largest absolute Gasteiger partial charge is 0.456 e. The SMILES string of the molecule is CC(C)(C)OC(=O)C(=N)C1CCC(CC(=N)C(=O)C(F)(F)F)CC1. The summed E-state index contributed by atoms with van der Waals surface area (Å²) in [6.07, 6.45) is -3.34. The van der Waals surface area contributed by atoms with Crippen LogP contribution in [0.4, 0.5) is 13.2 Å². The summed E-state index contributed by atoms with van der Waals surface area (Å²) in [5, 5.41) is 15.2. The standard InChI is InChI=1S/C16H23F3N2O3/c1-15(2,3)24-14(23)12(21)10-6-4-9(5-7-10)8-11(20)13(22)16(17,18)19/h9-10,20-21H,4-8H2,1-3H3. The summed E-state index contributed by atoms with van der Waals surface area (Å²) in [5.74, 6) is -3.26. The number of hydrogen-bond donors (Lipinski definition) is 2. The van der Waals surface area contributed by atoms with E-state index >= 15 is 0 Å². The van der Waals surface area contributed by atoms with E-state index in [0.29, 0.717) is 25.7 Å². The first-order valence-electron chi connectivity index (χ1n) is 7.82. The summed E-state index contributed by atoms with van der Waals surface area (Å²) in [5.41, 5.74) is -1.73. The molecule has 136 valence electrons. The molecule has 0 radical (unpaired) electrons. The van der Waals surface area contributed by atoms with Crippen LogP contribution in [0.25, 0.3) is 0 Å². The predicted octanol–water partition coefficient (Wildman–Crippen LogP) is 3.70. The normalized spacial score (nSPS) is 21.9. The highest BCUT2D eigenvalue weighted by atomic mass is 19.4. The van der Waals surface area contributed by atoms with Crippen molar-refractivity contribution in [2.45, 2.75) is 64.7 Å². The van der Waals surface area contributed by atoms with E-state index in [1.807, 2.05) is 0 Å². The fourth-order valence-electron chi connectivity index (χ4n) is 2.71. The summed E-state index contributed by atoms with van der Waals surface area (Å²) < 4.78 is 42.0. The van der Waals surface area contributed by atoms with Gasteiger partial charge in [0.2, 0.25) is 0 Å². The molecule has 0 spiro atoms. The number of ether oxygens (including phenoxy) is 1. The quantitative estimate of drug-likeness (QED) is 0.586. The van der Waals surface area contributed by atoms with Gasteiger partial charge in [0.05, 0.1) is 5.71 Å². The van der Waals surface area contributed by atoms with E-state index in [1.54, 1.807) is 20.8 Å². The third kappa shape index (κ3) is 6.05. The minimum absolute atomic E-state index is 0.121. The van der Waals surface area contributed by atoms with Gasteiger partial charge in [-0.15, -0.1) is 0 Å². The van der Waals surface area contributed by atoms with Gasteiger partial charge >= 0.3 is 12.1 Å². The number of Topliss-reactive ketones (excluding diaryl/α,β-unsaturated/α-hetero) is 1. The number of nitrogens with one attached hydrogen (secondary N) is 2. The van der Waals surface area contributed by atoms with Gasteiger partial charge in [0.15, 0.2) is 0 Å². The fraction of sp³-hybridized carbons (Fsp3) is 0.750. The van der Waals surface area contributed by atoms with E-state index < -0.39 is 29.2 Å². The molecule has 0 aromatic carbocycles. The van der Waals surface area contributed by atoms with Gasteiger partial charge in [0.1, 0.15) is 11.3 Å². The third-order valence-electron chi connectivity index (χ3n) is 3.90. The fourth-order valence-corrected chi connectivity index (χ4v) is 2.71. The van der Waals surface area contributed by atoms with E-state index in [0.717, 1.165) is 0 Å². The van der Waals surface area contributed by atoms with Crippen LogP contribution in [-0.2, 0) is 14.3 Å². The lowest BCUT2D eigenvalue weighted by Gasteiger charge is -2.29. The maximum Gasteiger partial charge on any atom is 0.456 e. The molecule has 1 aliphatic rings. The molecule has 0 bridgehead atoms. The van der Waals surface area contributed by atoms with Crippen LogP contribution in [0.1, 0.15) is 52.9 Å². The van der Waals surface area contributed by atoms with Crippen LogP contribution in [0.2, 0.25) is 0 Å². The minimum Gasteiger partial charge on any atom is -0.455 e. The van der Waals surface area contributed by atoms with Gasteiger partial charge in [-0.1, -0.05) is 0 Å². The van der Waals surface area contributed by atoms with E-state index in [9.17, 15) is 22.8 Å². The highest BCUT2D eigenvalue weighted by Gasteiger charge is 2.41. The third-order valence-corrected chi connectivity index (χ3v) is 3.90. The lowest BCUT2D eigenvalue weighted by molar-refractivity contribution is -0.163. The van der Waals surface area contributed by atoms with Gasteiger partial charge in [-0.2, -0.15) is 13.2 Å². The zero-order valence-electron chi connectivity index (χ0n) is 14.0. The molecule has 2 N–H and O–H groups in total. The molecule has 8 heteroatoms. The van der Waals surface area contributed by atoms with Crippen molar-refractivity contribution in [3.8, 4) is 0 Å². The molecule has 0 atom stereocenters. The molecular formula is C16H23F3N2O3. The van der Waals surface area contributed by atoms with Crippen molar-refractivity contribution in [1.82, 2.24) is 0 Å². The topological polar surface area (TPSA) is 91.1 Å². The monoisotopic (exact) mass is 348 g/mol. The molecule has 24 heavy (non-hydrogen) atoms. The van der Waals surface area contributed by atoms with Crippen LogP contribution >= 0.6 is 0 Å². The Morgan fingerprint density at radius 3 is 1.96 bits per heavy atom. The van der Waals surface area contributed by atoms with Gasteiger partial charge in [-0.25, -0.2) is 4.79 Å². The van der Waals surface area contributed by atoms with E-state index in [-0.39, 0.29) is 24.0 Å². The zero-order valence-corrected chi connectivity index (χ0v) is 14.0. The Labute approximate surface area is 139 Å². The maximum atomic E-state index is 12.3. The molecule has 1 aliphatic carbocycles. The van der Waals surface area contributed by atoms with Crippen LogP contribution in [0.15, 0.2) is 0 Å². The van der Waals surface area contributed by atoms with Gasteiger partial charge in [0.25, 0.3) is 5.78 Å². The summed E-state index contributed by atoms with van der Waals surface area (Å²) in [6.45, 7) is 5.12. The van der Waals surface area contributed by atoms with Gasteiger partial charge in [-0.05, 0) is 58.8 Å². The molecular weight excluding hydrogens is 325 g/mol. The van der Waals surface area contributed by atoms with Crippen molar-refractivity contribution in [2.75, 3.05) is 0 Å². The summed E-state index contributed by atoms with van der Waals surface area (Å²) in [4.78, 5) is 22.9. The molecule has 1 rings (SSSR count). The Bertz CT molecular complexity index is 528. The Balaban J connectivity index is 2.50. The van der Waals surface area contributed by atoms with Crippen LogP contribution in [-0.4, -0.2) is 35.0 Å². The first kappa shape index (κ1) is 20.3. The first-order valence-corrected chi connectivity index (χ1v) is 7.82. The van der Waals surface area contributed by atoms with E-state index in [2.05, 4.69) is 0 Å². The number of carbonyl (C=O) groups is 2. The molecule has 0 aliphatic heterocycles. The van der Waals surface area contributed by atoms with Gasteiger partial charge in [0, 0.05) is 5.92 Å². The minimum atomic E-state index is -5.01. The van der Waals surface area contributed by atoms with Crippen LogP contribution in [0, 0.1) is 22.7 Å². The van der Waals surface area contributed by atoms with Crippen molar-refractivity contribution >= 4 is 23.2 Å². The van der Waals surface area contributed by atoms with Crippen molar-refractivity contribution in [2.24, 2.45) is 11.8 Å². The van der Waals surface area contributed by atoms with Gasteiger partial charge < -0.3 is 10.1 Å². The highest BCUT2D eigenvalue weighted by molar-refractivity contribution is 6.40. The maximum absolute atomic E-state index is 12.3. The van der Waals surface area contributed by atoms with E-state index in [4.69, 9.17) is 15.6 Å². The smallest absolute Gasteiger partial charge is 0.455 e. The number of hydrogen-bond acceptors (Lipinski definition) is 5. The molecule has 1 fully saturated rings. The van der Waals surface area contributed by atoms with Crippen LogP contribution in [0.5, 0.6) is 0 Å². The number of esters is 1. The second-order valence-corrected chi connectivity index (χ2v) is 7.14. The number of ketones is 1. The number of halogens is 3. The Hall–Kier alpha value is -1.73. The molecule has 0 amide bonds. The molecule has 0 aromatic heterocycles. The Morgan fingerprint density at radius 2 is 1.54 bits per heavy atom. The average molecular weight is 348 g/mol. The zero-order chi connectivity index (χ0) is 18.7. The second-order valence-electron chi connectivity index (χ2n) is 7.14. The van der Waals surface area contributed by atoms with Crippen LogP contribution < -0.4 is 0 Å². The predicted molar refractivity (Wildman–Crippen MR) is 82.4 cm³/mol. The van der Waals surface area contributed by atoms with Crippen molar-refractivity contribution in [3.05, 3.63) is 0 Å². The van der Waals surface area contributed by atoms with E-state index in [1.165, 1.54) is 0 Å².